The molecule has 1 N–H and O–H groups in total. The van der Waals surface area contributed by atoms with E-state index in [-0.39, 0.29) is 0 Å². The molecular formula is C26H32N4O3. The number of aromatic nitrogens is 2. The number of pyridine rings is 2. The summed E-state index contributed by atoms with van der Waals surface area (Å²) in [5.74, 6) is 2.60. The van der Waals surface area contributed by atoms with Crippen molar-refractivity contribution >= 4 is 10.9 Å². The molecule has 0 amide bonds. The third-order valence-corrected chi connectivity index (χ3v) is 6.74. The van der Waals surface area contributed by atoms with E-state index in [2.05, 4.69) is 22.2 Å². The van der Waals surface area contributed by atoms with Gasteiger partial charge in [-0.25, -0.2) is 4.98 Å². The van der Waals surface area contributed by atoms with Crippen LogP contribution in [0.2, 0.25) is 0 Å². The Bertz CT molecular complexity index is 1100. The van der Waals surface area contributed by atoms with Crippen molar-refractivity contribution in [1.29, 1.82) is 0 Å². The maximum Gasteiger partial charge on any atom is 0.223 e. The molecule has 2 unspecified atom stereocenters. The van der Waals surface area contributed by atoms with E-state index in [9.17, 15) is 0 Å². The van der Waals surface area contributed by atoms with E-state index in [4.69, 9.17) is 19.2 Å². The number of ether oxygens (including phenoxy) is 3. The standard InChI is InChI=1S/C26H32N4O3/c1-30-12-4-5-20(30)17-32-24-8-7-19(13-25(24)31-2)22-14-23-21(6-3-10-28-23)26(29-22)33-16-18-9-11-27-15-18/h3,6-8,10,13-14,18,20,27H,4-5,9,11-12,15-17H2,1-2H3. The minimum absolute atomic E-state index is 0.456. The first-order chi connectivity index (χ1) is 16.2. The maximum atomic E-state index is 6.20. The Labute approximate surface area is 195 Å². The number of hydrogen-bond acceptors (Lipinski definition) is 7. The normalized spacial score (nSPS) is 20.9. The van der Waals surface area contributed by atoms with Gasteiger partial charge in [0.25, 0.3) is 0 Å². The zero-order chi connectivity index (χ0) is 22.6. The number of fused-ring (bicyclic) bond motifs is 1. The van der Waals surface area contributed by atoms with Crippen LogP contribution in [0.1, 0.15) is 19.3 Å². The molecule has 0 radical (unpaired) electrons. The fourth-order valence-electron chi connectivity index (χ4n) is 4.68. The molecule has 1 aromatic carbocycles. The van der Waals surface area contributed by atoms with Gasteiger partial charge in [-0.1, -0.05) is 0 Å². The molecule has 4 heterocycles. The second kappa shape index (κ2) is 9.93. The smallest absolute Gasteiger partial charge is 0.223 e. The van der Waals surface area contributed by atoms with Gasteiger partial charge in [-0.2, -0.15) is 0 Å². The quantitative estimate of drug-likeness (QED) is 0.563. The van der Waals surface area contributed by atoms with Gasteiger partial charge in [0.2, 0.25) is 5.88 Å². The summed E-state index contributed by atoms with van der Waals surface area (Å²) in [5.41, 5.74) is 2.61. The lowest BCUT2D eigenvalue weighted by Gasteiger charge is -2.20. The van der Waals surface area contributed by atoms with E-state index >= 15 is 0 Å². The zero-order valence-corrected chi connectivity index (χ0v) is 19.4. The number of rotatable bonds is 8. The Kier molecular flexibility index (Phi) is 6.60. The van der Waals surface area contributed by atoms with Crippen molar-refractivity contribution < 1.29 is 14.2 Å². The van der Waals surface area contributed by atoms with Gasteiger partial charge in [-0.3, -0.25) is 4.98 Å². The molecular weight excluding hydrogens is 416 g/mol. The molecule has 2 aliphatic heterocycles. The van der Waals surface area contributed by atoms with Gasteiger partial charge in [-0.15, -0.1) is 0 Å². The highest BCUT2D eigenvalue weighted by Gasteiger charge is 2.22. The zero-order valence-electron chi connectivity index (χ0n) is 19.4. The Balaban J connectivity index is 1.40. The van der Waals surface area contributed by atoms with Crippen LogP contribution in [0.25, 0.3) is 22.2 Å². The highest BCUT2D eigenvalue weighted by Crippen LogP contribution is 2.35. The predicted molar refractivity (Wildman–Crippen MR) is 129 cm³/mol. The van der Waals surface area contributed by atoms with Gasteiger partial charge in [0.1, 0.15) is 6.61 Å². The van der Waals surface area contributed by atoms with E-state index in [0.29, 0.717) is 36.8 Å². The first-order valence-corrected chi connectivity index (χ1v) is 11.8. The predicted octanol–water partition coefficient (Wildman–Crippen LogP) is 3.77. The molecule has 2 aliphatic rings. The van der Waals surface area contributed by atoms with E-state index in [1.807, 2.05) is 36.4 Å². The summed E-state index contributed by atoms with van der Waals surface area (Å²) in [5, 5.41) is 4.32. The van der Waals surface area contributed by atoms with Crippen LogP contribution in [-0.4, -0.2) is 67.9 Å². The highest BCUT2D eigenvalue weighted by molar-refractivity contribution is 5.87. The van der Waals surface area contributed by atoms with Gasteiger partial charge in [0, 0.05) is 30.3 Å². The molecule has 2 aromatic heterocycles. The summed E-state index contributed by atoms with van der Waals surface area (Å²) in [6.45, 7) is 4.49. The maximum absolute atomic E-state index is 6.20. The van der Waals surface area contributed by atoms with E-state index < -0.39 is 0 Å². The third kappa shape index (κ3) is 4.89. The molecule has 5 rings (SSSR count). The lowest BCUT2D eigenvalue weighted by molar-refractivity contribution is 0.193. The molecule has 0 saturated carbocycles. The van der Waals surface area contributed by atoms with E-state index in [0.717, 1.165) is 54.0 Å². The van der Waals surface area contributed by atoms with Crippen molar-refractivity contribution in [3.63, 3.8) is 0 Å². The largest absolute Gasteiger partial charge is 0.493 e. The molecule has 2 saturated heterocycles. The second-order valence-electron chi connectivity index (χ2n) is 9.01. The molecule has 7 heteroatoms. The van der Waals surface area contributed by atoms with Crippen molar-refractivity contribution in [1.82, 2.24) is 20.2 Å². The monoisotopic (exact) mass is 448 g/mol. The Morgan fingerprint density at radius 1 is 1.09 bits per heavy atom. The van der Waals surface area contributed by atoms with Crippen molar-refractivity contribution in [2.75, 3.05) is 47.0 Å². The van der Waals surface area contributed by atoms with Crippen molar-refractivity contribution in [3.05, 3.63) is 42.6 Å². The topological polar surface area (TPSA) is 68.7 Å². The number of hydrogen-bond donors (Lipinski definition) is 1. The number of methoxy groups -OCH3 is 1. The first kappa shape index (κ1) is 21.9. The lowest BCUT2D eigenvalue weighted by Crippen LogP contribution is -2.30. The Morgan fingerprint density at radius 2 is 2.03 bits per heavy atom. The highest BCUT2D eigenvalue weighted by atomic mass is 16.5. The van der Waals surface area contributed by atoms with Gasteiger partial charge in [-0.05, 0) is 75.8 Å². The van der Waals surface area contributed by atoms with E-state index in [1.54, 1.807) is 13.3 Å². The minimum Gasteiger partial charge on any atom is -0.493 e. The number of benzene rings is 1. The van der Waals surface area contributed by atoms with Crippen LogP contribution in [0.3, 0.4) is 0 Å². The van der Waals surface area contributed by atoms with Gasteiger partial charge >= 0.3 is 0 Å². The molecule has 174 valence electrons. The van der Waals surface area contributed by atoms with E-state index in [1.165, 1.54) is 12.8 Å². The second-order valence-corrected chi connectivity index (χ2v) is 9.01. The molecule has 33 heavy (non-hydrogen) atoms. The molecule has 0 spiro atoms. The Morgan fingerprint density at radius 3 is 2.82 bits per heavy atom. The molecule has 7 nitrogen and oxygen atoms in total. The molecule has 0 aliphatic carbocycles. The number of likely N-dealkylation sites (tertiary alicyclic amines) is 1. The number of likely N-dealkylation sites (N-methyl/N-ethyl adjacent to an activating group) is 1. The summed E-state index contributed by atoms with van der Waals surface area (Å²) >= 11 is 0. The van der Waals surface area contributed by atoms with Crippen molar-refractivity contribution in [3.8, 4) is 28.6 Å². The molecule has 2 fully saturated rings. The number of nitrogens with zero attached hydrogens (tertiary/aromatic N) is 3. The fourth-order valence-corrected chi connectivity index (χ4v) is 4.68. The van der Waals surface area contributed by atoms with Crippen LogP contribution < -0.4 is 19.5 Å². The molecule has 3 aromatic rings. The fraction of sp³-hybridized carbons (Fsp3) is 0.462. The summed E-state index contributed by atoms with van der Waals surface area (Å²) in [7, 11) is 3.83. The third-order valence-electron chi connectivity index (χ3n) is 6.74. The van der Waals surface area contributed by atoms with Crippen molar-refractivity contribution in [2.24, 2.45) is 5.92 Å². The van der Waals surface area contributed by atoms with Crippen LogP contribution in [0.15, 0.2) is 42.6 Å². The van der Waals surface area contributed by atoms with Crippen molar-refractivity contribution in [2.45, 2.75) is 25.3 Å². The lowest BCUT2D eigenvalue weighted by atomic mass is 10.1. The SMILES string of the molecule is COc1cc(-c2cc3ncccc3c(OCC3CCNC3)n2)ccc1OCC1CCCN1C. The Hall–Kier alpha value is -2.90. The van der Waals surface area contributed by atoms with Gasteiger partial charge in [0.15, 0.2) is 11.5 Å². The summed E-state index contributed by atoms with van der Waals surface area (Å²) < 4.78 is 18.0. The van der Waals surface area contributed by atoms with Gasteiger partial charge in [0.05, 0.1) is 30.3 Å². The minimum atomic E-state index is 0.456. The summed E-state index contributed by atoms with van der Waals surface area (Å²) in [6, 6.07) is 12.4. The first-order valence-electron chi connectivity index (χ1n) is 11.8. The van der Waals surface area contributed by atoms with Crippen LogP contribution in [0.4, 0.5) is 0 Å². The van der Waals surface area contributed by atoms with Crippen LogP contribution >= 0.6 is 0 Å². The average molecular weight is 449 g/mol. The van der Waals surface area contributed by atoms with Gasteiger partial charge < -0.3 is 24.4 Å². The summed E-state index contributed by atoms with van der Waals surface area (Å²) in [4.78, 5) is 11.8. The molecule has 0 bridgehead atoms. The average Bonchev–Trinajstić information content (AvgIpc) is 3.52. The van der Waals surface area contributed by atoms with Crippen LogP contribution in [0.5, 0.6) is 17.4 Å². The van der Waals surface area contributed by atoms with Crippen LogP contribution in [-0.2, 0) is 0 Å². The van der Waals surface area contributed by atoms with Crippen LogP contribution in [0, 0.1) is 5.92 Å². The number of nitrogens with one attached hydrogen (secondary N) is 1. The molecule has 2 atom stereocenters. The summed E-state index contributed by atoms with van der Waals surface area (Å²) in [6.07, 6.45) is 5.33.